The van der Waals surface area contributed by atoms with Crippen LogP contribution in [0.15, 0.2) is 4.52 Å². The number of alkyl halides is 2. The summed E-state index contributed by atoms with van der Waals surface area (Å²) in [6, 6.07) is 0. The molecular formula is C12H19F2N3O2. The fourth-order valence-corrected chi connectivity index (χ4v) is 2.33. The lowest BCUT2D eigenvalue weighted by Gasteiger charge is -2.22. The molecule has 1 aliphatic heterocycles. The summed E-state index contributed by atoms with van der Waals surface area (Å²) in [6.45, 7) is 2.65. The molecule has 1 saturated heterocycles. The average Bonchev–Trinajstić information content (AvgIpc) is 3.04. The zero-order valence-electron chi connectivity index (χ0n) is 11.0. The number of ether oxygens (including phenoxy) is 1. The highest BCUT2D eigenvalue weighted by molar-refractivity contribution is 5.06. The van der Waals surface area contributed by atoms with Crippen LogP contribution in [0.4, 0.5) is 8.78 Å². The Bertz CT molecular complexity index is 392. The Labute approximate surface area is 110 Å². The molecule has 1 N–H and O–H groups in total. The van der Waals surface area contributed by atoms with Gasteiger partial charge in [0.15, 0.2) is 5.82 Å². The molecule has 1 aromatic heterocycles. The number of hydrogen-bond acceptors (Lipinski definition) is 5. The molecule has 2 rings (SSSR count). The number of halogens is 2. The van der Waals surface area contributed by atoms with Crippen LogP contribution in [-0.4, -0.2) is 36.3 Å². The maximum absolute atomic E-state index is 11.9. The van der Waals surface area contributed by atoms with E-state index in [-0.39, 0.29) is 12.1 Å². The van der Waals surface area contributed by atoms with E-state index in [1.165, 1.54) is 0 Å². The number of rotatable bonds is 7. The molecule has 108 valence electrons. The van der Waals surface area contributed by atoms with Crippen molar-refractivity contribution >= 4 is 0 Å². The SMILES string of the molecule is CCC1(c2nc(CCOCC(F)F)no2)CCCN1. The van der Waals surface area contributed by atoms with E-state index < -0.39 is 13.0 Å². The van der Waals surface area contributed by atoms with E-state index in [2.05, 4.69) is 22.4 Å². The normalized spacial score (nSPS) is 23.4. The topological polar surface area (TPSA) is 60.2 Å². The maximum Gasteiger partial charge on any atom is 0.261 e. The van der Waals surface area contributed by atoms with E-state index in [0.29, 0.717) is 18.1 Å². The number of aromatic nitrogens is 2. The second kappa shape index (κ2) is 6.38. The van der Waals surface area contributed by atoms with Crippen LogP contribution in [0.3, 0.4) is 0 Å². The van der Waals surface area contributed by atoms with Crippen LogP contribution in [0, 0.1) is 0 Å². The molecule has 7 heteroatoms. The molecule has 0 saturated carbocycles. The van der Waals surface area contributed by atoms with Gasteiger partial charge in [-0.25, -0.2) is 8.78 Å². The quantitative estimate of drug-likeness (QED) is 0.770. The van der Waals surface area contributed by atoms with Crippen molar-refractivity contribution in [2.75, 3.05) is 19.8 Å². The minimum absolute atomic E-state index is 0.176. The first kappa shape index (κ1) is 14.3. The highest BCUT2D eigenvalue weighted by atomic mass is 19.3. The van der Waals surface area contributed by atoms with Crippen molar-refractivity contribution in [3.05, 3.63) is 11.7 Å². The zero-order valence-corrected chi connectivity index (χ0v) is 11.0. The third kappa shape index (κ3) is 3.48. The van der Waals surface area contributed by atoms with Crippen LogP contribution in [-0.2, 0) is 16.7 Å². The number of nitrogens with one attached hydrogen (secondary N) is 1. The third-order valence-corrected chi connectivity index (χ3v) is 3.44. The fourth-order valence-electron chi connectivity index (χ4n) is 2.33. The first-order valence-corrected chi connectivity index (χ1v) is 6.60. The molecule has 1 aliphatic rings. The van der Waals surface area contributed by atoms with Gasteiger partial charge < -0.3 is 14.6 Å². The predicted octanol–water partition coefficient (Wildman–Crippen LogP) is 1.88. The van der Waals surface area contributed by atoms with E-state index in [1.54, 1.807) is 0 Å². The maximum atomic E-state index is 11.9. The van der Waals surface area contributed by atoms with Gasteiger partial charge in [-0.2, -0.15) is 4.98 Å². The molecule has 5 nitrogen and oxygen atoms in total. The second-order valence-electron chi connectivity index (χ2n) is 4.70. The standard InChI is InChI=1S/C12H19F2N3O2/c1-2-12(5-3-6-15-12)11-16-10(17-19-11)4-7-18-8-9(13)14/h9,15H,2-8H2,1H3. The van der Waals surface area contributed by atoms with Gasteiger partial charge in [0, 0.05) is 6.42 Å². The van der Waals surface area contributed by atoms with Crippen molar-refractivity contribution in [1.82, 2.24) is 15.5 Å². The molecule has 2 heterocycles. The fraction of sp³-hybridized carbons (Fsp3) is 0.833. The van der Waals surface area contributed by atoms with Crippen LogP contribution >= 0.6 is 0 Å². The van der Waals surface area contributed by atoms with Crippen LogP contribution in [0.2, 0.25) is 0 Å². The van der Waals surface area contributed by atoms with Crippen molar-refractivity contribution in [3.63, 3.8) is 0 Å². The van der Waals surface area contributed by atoms with Crippen molar-refractivity contribution in [2.24, 2.45) is 0 Å². The molecule has 0 aromatic carbocycles. The van der Waals surface area contributed by atoms with Gasteiger partial charge in [-0.3, -0.25) is 0 Å². The summed E-state index contributed by atoms with van der Waals surface area (Å²) >= 11 is 0. The van der Waals surface area contributed by atoms with Crippen molar-refractivity contribution in [3.8, 4) is 0 Å². The molecule has 0 radical (unpaired) electrons. The van der Waals surface area contributed by atoms with E-state index >= 15 is 0 Å². The van der Waals surface area contributed by atoms with Crippen molar-refractivity contribution in [1.29, 1.82) is 0 Å². The summed E-state index contributed by atoms with van der Waals surface area (Å²) in [6.07, 6.45) is 0.898. The molecule has 19 heavy (non-hydrogen) atoms. The van der Waals surface area contributed by atoms with Gasteiger partial charge in [-0.1, -0.05) is 12.1 Å². The molecule has 0 amide bonds. The van der Waals surface area contributed by atoms with Crippen LogP contribution < -0.4 is 5.32 Å². The van der Waals surface area contributed by atoms with E-state index in [1.807, 2.05) is 0 Å². The third-order valence-electron chi connectivity index (χ3n) is 3.44. The lowest BCUT2D eigenvalue weighted by molar-refractivity contribution is 0.0182. The summed E-state index contributed by atoms with van der Waals surface area (Å²) in [5, 5.41) is 7.28. The van der Waals surface area contributed by atoms with Gasteiger partial charge in [0.2, 0.25) is 5.89 Å². The monoisotopic (exact) mass is 275 g/mol. The van der Waals surface area contributed by atoms with Crippen LogP contribution in [0.25, 0.3) is 0 Å². The van der Waals surface area contributed by atoms with E-state index in [4.69, 9.17) is 9.26 Å². The molecule has 0 aliphatic carbocycles. The molecule has 1 fully saturated rings. The summed E-state index contributed by atoms with van der Waals surface area (Å²) in [5.41, 5.74) is -0.213. The Morgan fingerprint density at radius 3 is 3.00 bits per heavy atom. The Kier molecular flexibility index (Phi) is 4.81. The zero-order chi connectivity index (χ0) is 13.7. The van der Waals surface area contributed by atoms with Gasteiger partial charge in [0.05, 0.1) is 12.1 Å². The Balaban J connectivity index is 1.88. The first-order chi connectivity index (χ1) is 9.16. The average molecular weight is 275 g/mol. The lowest BCUT2D eigenvalue weighted by Crippen LogP contribution is -2.36. The molecule has 0 bridgehead atoms. The van der Waals surface area contributed by atoms with Crippen molar-refractivity contribution in [2.45, 2.75) is 44.6 Å². The summed E-state index contributed by atoms with van der Waals surface area (Å²) in [4.78, 5) is 4.34. The second-order valence-corrected chi connectivity index (χ2v) is 4.70. The molecule has 1 atom stereocenters. The minimum atomic E-state index is -2.44. The van der Waals surface area contributed by atoms with E-state index in [9.17, 15) is 8.78 Å². The van der Waals surface area contributed by atoms with Crippen LogP contribution in [0.5, 0.6) is 0 Å². The molecule has 1 aromatic rings. The van der Waals surface area contributed by atoms with Crippen LogP contribution in [0.1, 0.15) is 37.9 Å². The summed E-state index contributed by atoms with van der Waals surface area (Å²) < 4.78 is 33.9. The Morgan fingerprint density at radius 2 is 2.37 bits per heavy atom. The minimum Gasteiger partial charge on any atom is -0.375 e. The Hall–Kier alpha value is -1.08. The van der Waals surface area contributed by atoms with E-state index in [0.717, 1.165) is 25.8 Å². The predicted molar refractivity (Wildman–Crippen MR) is 64.0 cm³/mol. The molecular weight excluding hydrogens is 256 g/mol. The number of hydrogen-bond donors (Lipinski definition) is 1. The highest BCUT2D eigenvalue weighted by Gasteiger charge is 2.38. The summed E-state index contributed by atoms with van der Waals surface area (Å²) in [7, 11) is 0. The Morgan fingerprint density at radius 1 is 1.53 bits per heavy atom. The van der Waals surface area contributed by atoms with Gasteiger partial charge in [-0.05, 0) is 25.8 Å². The van der Waals surface area contributed by atoms with Gasteiger partial charge in [0.1, 0.15) is 6.61 Å². The van der Waals surface area contributed by atoms with Gasteiger partial charge in [0.25, 0.3) is 6.43 Å². The number of nitrogens with zero attached hydrogens (tertiary/aromatic N) is 2. The summed E-state index contributed by atoms with van der Waals surface area (Å²) in [5.74, 6) is 1.10. The first-order valence-electron chi connectivity index (χ1n) is 6.60. The van der Waals surface area contributed by atoms with Crippen molar-refractivity contribution < 1.29 is 18.0 Å². The smallest absolute Gasteiger partial charge is 0.261 e. The lowest BCUT2D eigenvalue weighted by atomic mass is 9.94. The highest BCUT2D eigenvalue weighted by Crippen LogP contribution is 2.32. The van der Waals surface area contributed by atoms with Gasteiger partial charge in [-0.15, -0.1) is 0 Å². The molecule has 0 spiro atoms. The molecule has 1 unspecified atom stereocenters. The largest absolute Gasteiger partial charge is 0.375 e. The van der Waals surface area contributed by atoms with Gasteiger partial charge >= 0.3 is 0 Å².